The number of methoxy groups -OCH3 is 1. The molecule has 3 nitrogen and oxygen atoms in total. The average molecular weight is 213 g/mol. The molecule has 0 bridgehead atoms. The van der Waals surface area contributed by atoms with Gasteiger partial charge in [0, 0.05) is 32.9 Å². The van der Waals surface area contributed by atoms with Crippen LogP contribution >= 0.6 is 0 Å². The molecule has 2 aliphatic rings. The largest absolute Gasteiger partial charge is 0.385 e. The Balaban J connectivity index is 1.68. The Hall–Kier alpha value is -0.120. The highest BCUT2D eigenvalue weighted by Gasteiger charge is 2.42. The molecule has 1 N–H and O–H groups in total. The van der Waals surface area contributed by atoms with E-state index in [2.05, 4.69) is 12.2 Å². The second kappa shape index (κ2) is 4.81. The van der Waals surface area contributed by atoms with Gasteiger partial charge < -0.3 is 14.8 Å². The van der Waals surface area contributed by atoms with E-state index in [1.54, 1.807) is 7.11 Å². The van der Waals surface area contributed by atoms with Crippen LogP contribution in [0.15, 0.2) is 0 Å². The van der Waals surface area contributed by atoms with Crippen LogP contribution in [0.1, 0.15) is 32.6 Å². The number of hydrogen-bond acceptors (Lipinski definition) is 3. The van der Waals surface area contributed by atoms with E-state index in [0.29, 0.717) is 17.6 Å². The summed E-state index contributed by atoms with van der Waals surface area (Å²) in [4.78, 5) is 0. The maximum atomic E-state index is 5.54. The lowest BCUT2D eigenvalue weighted by molar-refractivity contribution is 0.111. The molecule has 2 fully saturated rings. The lowest BCUT2D eigenvalue weighted by atomic mass is 10.0. The fraction of sp³-hybridized carbons (Fsp3) is 1.00. The summed E-state index contributed by atoms with van der Waals surface area (Å²) in [5, 5.41) is 3.66. The third kappa shape index (κ3) is 2.92. The average Bonchev–Trinajstić information content (AvgIpc) is 2.90. The fourth-order valence-electron chi connectivity index (χ4n) is 2.36. The summed E-state index contributed by atoms with van der Waals surface area (Å²) < 4.78 is 10.7. The summed E-state index contributed by atoms with van der Waals surface area (Å²) in [5.74, 6) is 0. The van der Waals surface area contributed by atoms with Crippen molar-refractivity contribution < 1.29 is 9.47 Å². The summed E-state index contributed by atoms with van der Waals surface area (Å²) >= 11 is 0. The van der Waals surface area contributed by atoms with E-state index in [4.69, 9.17) is 9.47 Å². The molecule has 1 saturated heterocycles. The summed E-state index contributed by atoms with van der Waals surface area (Å²) in [6, 6.07) is 0.574. The van der Waals surface area contributed by atoms with Gasteiger partial charge in [0.15, 0.2) is 0 Å². The van der Waals surface area contributed by atoms with Crippen LogP contribution < -0.4 is 5.32 Å². The van der Waals surface area contributed by atoms with Crippen LogP contribution in [0.4, 0.5) is 0 Å². The smallest absolute Gasteiger partial charge is 0.0700 e. The summed E-state index contributed by atoms with van der Waals surface area (Å²) in [7, 11) is 1.79. The quantitative estimate of drug-likeness (QED) is 0.726. The molecule has 0 aromatic rings. The second-order valence-corrected chi connectivity index (χ2v) is 5.09. The van der Waals surface area contributed by atoms with Crippen LogP contribution in [0.2, 0.25) is 0 Å². The summed E-state index contributed by atoms with van der Waals surface area (Å²) in [5.41, 5.74) is 0.554. The van der Waals surface area contributed by atoms with Crippen molar-refractivity contribution in [2.45, 2.75) is 44.8 Å². The van der Waals surface area contributed by atoms with Gasteiger partial charge in [-0.1, -0.05) is 0 Å². The van der Waals surface area contributed by atoms with E-state index in [-0.39, 0.29) is 0 Å². The number of ether oxygens (including phenoxy) is 2. The van der Waals surface area contributed by atoms with Crippen LogP contribution in [0.25, 0.3) is 0 Å². The maximum absolute atomic E-state index is 5.54. The first-order chi connectivity index (χ1) is 7.26. The lowest BCUT2D eigenvalue weighted by Gasteiger charge is -2.21. The molecule has 0 spiro atoms. The Morgan fingerprint density at radius 2 is 2.27 bits per heavy atom. The predicted molar refractivity (Wildman–Crippen MR) is 60.0 cm³/mol. The Morgan fingerprint density at radius 3 is 2.80 bits per heavy atom. The van der Waals surface area contributed by atoms with Crippen LogP contribution in [0, 0.1) is 5.41 Å². The number of nitrogens with one attached hydrogen (secondary N) is 1. The molecule has 1 aliphatic carbocycles. The van der Waals surface area contributed by atoms with Gasteiger partial charge in [-0.2, -0.15) is 0 Å². The zero-order valence-electron chi connectivity index (χ0n) is 9.92. The lowest BCUT2D eigenvalue weighted by Crippen LogP contribution is -2.38. The number of hydrogen-bond donors (Lipinski definition) is 1. The molecular formula is C12H23NO2. The molecule has 1 heterocycles. The van der Waals surface area contributed by atoms with Gasteiger partial charge in [0.1, 0.15) is 0 Å². The van der Waals surface area contributed by atoms with Gasteiger partial charge in [-0.3, -0.25) is 0 Å². The molecule has 0 aromatic heterocycles. The van der Waals surface area contributed by atoms with Gasteiger partial charge in [0.2, 0.25) is 0 Å². The Kier molecular flexibility index (Phi) is 3.65. The second-order valence-electron chi connectivity index (χ2n) is 5.09. The Morgan fingerprint density at radius 1 is 1.47 bits per heavy atom. The SMILES string of the molecule is COCCC1(CNC2CCOC2C)CC1. The van der Waals surface area contributed by atoms with Gasteiger partial charge in [-0.05, 0) is 38.0 Å². The highest BCUT2D eigenvalue weighted by Crippen LogP contribution is 2.48. The van der Waals surface area contributed by atoms with Crippen LogP contribution in [-0.4, -0.2) is 39.0 Å². The molecule has 0 radical (unpaired) electrons. The van der Waals surface area contributed by atoms with E-state index in [9.17, 15) is 0 Å². The van der Waals surface area contributed by atoms with Crippen molar-refractivity contribution in [3.63, 3.8) is 0 Å². The van der Waals surface area contributed by atoms with Gasteiger partial charge in [-0.25, -0.2) is 0 Å². The topological polar surface area (TPSA) is 30.5 Å². The molecule has 88 valence electrons. The zero-order valence-corrected chi connectivity index (χ0v) is 9.92. The zero-order chi connectivity index (χ0) is 10.7. The van der Waals surface area contributed by atoms with Crippen LogP contribution in [0.5, 0.6) is 0 Å². The summed E-state index contributed by atoms with van der Waals surface area (Å²) in [6.45, 7) is 5.14. The number of rotatable bonds is 6. The first kappa shape index (κ1) is 11.4. The van der Waals surface area contributed by atoms with E-state index >= 15 is 0 Å². The Bertz CT molecular complexity index is 204. The van der Waals surface area contributed by atoms with Crippen molar-refractivity contribution >= 4 is 0 Å². The highest BCUT2D eigenvalue weighted by molar-refractivity contribution is 4.96. The Labute approximate surface area is 92.5 Å². The van der Waals surface area contributed by atoms with E-state index in [1.807, 2.05) is 0 Å². The van der Waals surface area contributed by atoms with Gasteiger partial charge >= 0.3 is 0 Å². The van der Waals surface area contributed by atoms with Crippen molar-refractivity contribution in [2.75, 3.05) is 26.9 Å². The molecule has 15 heavy (non-hydrogen) atoms. The molecule has 3 heteroatoms. The van der Waals surface area contributed by atoms with E-state index in [1.165, 1.54) is 25.7 Å². The van der Waals surface area contributed by atoms with Crippen molar-refractivity contribution in [1.82, 2.24) is 5.32 Å². The van der Waals surface area contributed by atoms with Crippen LogP contribution in [0.3, 0.4) is 0 Å². The van der Waals surface area contributed by atoms with Crippen molar-refractivity contribution in [3.05, 3.63) is 0 Å². The standard InChI is InChI=1S/C12H23NO2/c1-10-11(3-7-15-10)13-9-12(4-5-12)6-8-14-2/h10-11,13H,3-9H2,1-2H3. The first-order valence-electron chi connectivity index (χ1n) is 6.10. The van der Waals surface area contributed by atoms with Crippen molar-refractivity contribution in [3.8, 4) is 0 Å². The van der Waals surface area contributed by atoms with Gasteiger partial charge in [0.25, 0.3) is 0 Å². The molecule has 1 saturated carbocycles. The first-order valence-corrected chi connectivity index (χ1v) is 6.10. The van der Waals surface area contributed by atoms with Crippen LogP contribution in [-0.2, 0) is 9.47 Å². The monoisotopic (exact) mass is 213 g/mol. The molecule has 2 atom stereocenters. The van der Waals surface area contributed by atoms with E-state index < -0.39 is 0 Å². The van der Waals surface area contributed by atoms with Gasteiger partial charge in [0.05, 0.1) is 6.10 Å². The maximum Gasteiger partial charge on any atom is 0.0700 e. The highest BCUT2D eigenvalue weighted by atomic mass is 16.5. The fourth-order valence-corrected chi connectivity index (χ4v) is 2.36. The van der Waals surface area contributed by atoms with Crippen molar-refractivity contribution in [1.29, 1.82) is 0 Å². The molecule has 2 rings (SSSR count). The van der Waals surface area contributed by atoms with Crippen molar-refractivity contribution in [2.24, 2.45) is 5.41 Å². The minimum atomic E-state index is 0.392. The van der Waals surface area contributed by atoms with E-state index in [0.717, 1.165) is 19.8 Å². The molecule has 2 unspecified atom stereocenters. The normalized spacial score (nSPS) is 33.2. The predicted octanol–water partition coefficient (Wildman–Crippen LogP) is 1.57. The third-order valence-electron chi connectivity index (χ3n) is 3.91. The molecule has 1 aliphatic heterocycles. The van der Waals surface area contributed by atoms with Gasteiger partial charge in [-0.15, -0.1) is 0 Å². The minimum absolute atomic E-state index is 0.392. The third-order valence-corrected chi connectivity index (χ3v) is 3.91. The minimum Gasteiger partial charge on any atom is -0.385 e. The molecular weight excluding hydrogens is 190 g/mol. The summed E-state index contributed by atoms with van der Waals surface area (Å²) in [6.07, 6.45) is 5.50. The molecule has 0 aromatic carbocycles. The molecule has 0 amide bonds.